The van der Waals surface area contributed by atoms with Crippen LogP contribution in [0.15, 0.2) is 24.7 Å². The van der Waals surface area contributed by atoms with Crippen molar-refractivity contribution in [2.45, 2.75) is 5.51 Å². The smallest absolute Gasteiger partial charge is 0.493 e. The summed E-state index contributed by atoms with van der Waals surface area (Å²) in [6.45, 7) is 0. The standard InChI is InChI=1S/C10H7F3N2O4S/c1-18-8-2-6-4-14-5-15-7(6)3-9(8)19-20(16,17)10(11,12)13/h2-5H,1H3. The van der Waals surface area contributed by atoms with Crippen LogP contribution in [0.25, 0.3) is 10.9 Å². The van der Waals surface area contributed by atoms with Crippen LogP contribution in [0.4, 0.5) is 13.2 Å². The molecule has 0 saturated carbocycles. The summed E-state index contributed by atoms with van der Waals surface area (Å²) < 4.78 is 67.7. The first-order valence-corrected chi connectivity index (χ1v) is 6.44. The van der Waals surface area contributed by atoms with E-state index in [1.165, 1.54) is 12.3 Å². The first-order chi connectivity index (χ1) is 9.24. The molecule has 0 unspecified atom stereocenters. The Labute approximate surface area is 111 Å². The van der Waals surface area contributed by atoms with Gasteiger partial charge in [-0.3, -0.25) is 0 Å². The Morgan fingerprint density at radius 1 is 1.20 bits per heavy atom. The highest BCUT2D eigenvalue weighted by Crippen LogP contribution is 2.35. The molecule has 6 nitrogen and oxygen atoms in total. The molecule has 10 heteroatoms. The maximum Gasteiger partial charge on any atom is 0.534 e. The van der Waals surface area contributed by atoms with Crippen LogP contribution in [-0.2, 0) is 10.1 Å². The average molecular weight is 308 g/mol. The fourth-order valence-electron chi connectivity index (χ4n) is 1.38. The minimum atomic E-state index is -5.78. The third-order valence-electron chi connectivity index (χ3n) is 2.27. The van der Waals surface area contributed by atoms with Gasteiger partial charge in [0.1, 0.15) is 6.33 Å². The fourth-order valence-corrected chi connectivity index (χ4v) is 1.84. The van der Waals surface area contributed by atoms with E-state index in [2.05, 4.69) is 14.2 Å². The lowest BCUT2D eigenvalue weighted by Crippen LogP contribution is -2.28. The van der Waals surface area contributed by atoms with Crippen molar-refractivity contribution in [1.29, 1.82) is 0 Å². The minimum Gasteiger partial charge on any atom is -0.493 e. The summed E-state index contributed by atoms with van der Waals surface area (Å²) >= 11 is 0. The highest BCUT2D eigenvalue weighted by Gasteiger charge is 2.49. The zero-order valence-electron chi connectivity index (χ0n) is 9.88. The minimum absolute atomic E-state index is 0.180. The highest BCUT2D eigenvalue weighted by molar-refractivity contribution is 7.88. The van der Waals surface area contributed by atoms with Gasteiger partial charge in [0.2, 0.25) is 0 Å². The molecule has 0 fully saturated rings. The van der Waals surface area contributed by atoms with Crippen LogP contribution in [0, 0.1) is 0 Å². The van der Waals surface area contributed by atoms with Gasteiger partial charge in [-0.25, -0.2) is 9.97 Å². The third-order valence-corrected chi connectivity index (χ3v) is 3.24. The lowest BCUT2D eigenvalue weighted by atomic mass is 10.2. The molecule has 1 aromatic heterocycles. The van der Waals surface area contributed by atoms with Crippen molar-refractivity contribution in [3.8, 4) is 11.5 Å². The molecule has 0 spiro atoms. The van der Waals surface area contributed by atoms with Crippen LogP contribution >= 0.6 is 0 Å². The SMILES string of the molecule is COc1cc2cncnc2cc1OS(=O)(=O)C(F)(F)F. The number of aromatic nitrogens is 2. The Morgan fingerprint density at radius 2 is 1.90 bits per heavy atom. The lowest BCUT2D eigenvalue weighted by molar-refractivity contribution is -0.0500. The number of alkyl halides is 3. The number of hydrogen-bond acceptors (Lipinski definition) is 6. The van der Waals surface area contributed by atoms with Gasteiger partial charge in [0, 0.05) is 17.6 Å². The van der Waals surface area contributed by atoms with E-state index >= 15 is 0 Å². The number of rotatable bonds is 3. The zero-order chi connectivity index (χ0) is 15.0. The van der Waals surface area contributed by atoms with Gasteiger partial charge in [-0.05, 0) is 6.07 Å². The van der Waals surface area contributed by atoms with Crippen LogP contribution in [-0.4, -0.2) is 31.0 Å². The number of nitrogens with zero attached hydrogens (tertiary/aromatic N) is 2. The quantitative estimate of drug-likeness (QED) is 0.636. The fraction of sp³-hybridized carbons (Fsp3) is 0.200. The van der Waals surface area contributed by atoms with Gasteiger partial charge in [-0.1, -0.05) is 0 Å². The summed E-state index contributed by atoms with van der Waals surface area (Å²) in [5, 5.41) is 0.459. The largest absolute Gasteiger partial charge is 0.534 e. The molecule has 0 bridgehead atoms. The molecule has 1 heterocycles. The summed E-state index contributed by atoms with van der Waals surface area (Å²) in [5.41, 5.74) is -5.31. The van der Waals surface area contributed by atoms with Crippen LogP contribution < -0.4 is 8.92 Å². The van der Waals surface area contributed by atoms with Crippen molar-refractivity contribution in [3.05, 3.63) is 24.7 Å². The third kappa shape index (κ3) is 2.59. The molecule has 108 valence electrons. The molecule has 0 radical (unpaired) electrons. The predicted octanol–water partition coefficient (Wildman–Crippen LogP) is 1.87. The summed E-state index contributed by atoms with van der Waals surface area (Å²) in [4.78, 5) is 7.51. The molecule has 0 saturated heterocycles. The highest BCUT2D eigenvalue weighted by atomic mass is 32.2. The number of halogens is 3. The number of ether oxygens (including phenoxy) is 1. The number of methoxy groups -OCH3 is 1. The van der Waals surface area contributed by atoms with E-state index in [0.717, 1.165) is 19.5 Å². The molecule has 0 aliphatic heterocycles. The monoisotopic (exact) mass is 308 g/mol. The van der Waals surface area contributed by atoms with E-state index in [1.807, 2.05) is 0 Å². The van der Waals surface area contributed by atoms with E-state index in [0.29, 0.717) is 5.39 Å². The molecule has 0 amide bonds. The first-order valence-electron chi connectivity index (χ1n) is 5.03. The van der Waals surface area contributed by atoms with Crippen molar-refractivity contribution < 1.29 is 30.5 Å². The summed E-state index contributed by atoms with van der Waals surface area (Å²) in [5.74, 6) is -0.781. The number of hydrogen-bond donors (Lipinski definition) is 0. The van der Waals surface area contributed by atoms with Crippen LogP contribution in [0.2, 0.25) is 0 Å². The molecule has 2 rings (SSSR count). The summed E-state index contributed by atoms with van der Waals surface area (Å²) in [7, 11) is -4.61. The molecule has 0 aliphatic rings. The Balaban J connectivity index is 2.54. The summed E-state index contributed by atoms with van der Waals surface area (Å²) in [6, 6.07) is 2.30. The van der Waals surface area contributed by atoms with Crippen molar-refractivity contribution >= 4 is 21.0 Å². The van der Waals surface area contributed by atoms with Crippen molar-refractivity contribution in [2.75, 3.05) is 7.11 Å². The second-order valence-electron chi connectivity index (χ2n) is 3.57. The van der Waals surface area contributed by atoms with Crippen LogP contribution in [0.3, 0.4) is 0 Å². The van der Waals surface area contributed by atoms with Crippen molar-refractivity contribution in [3.63, 3.8) is 0 Å². The first kappa shape index (κ1) is 14.3. The van der Waals surface area contributed by atoms with Gasteiger partial charge in [0.15, 0.2) is 11.5 Å². The second kappa shape index (κ2) is 4.78. The molecular formula is C10H7F3N2O4S. The van der Waals surface area contributed by atoms with Gasteiger partial charge in [0.05, 0.1) is 12.6 Å². The van der Waals surface area contributed by atoms with E-state index < -0.39 is 21.4 Å². The van der Waals surface area contributed by atoms with E-state index in [9.17, 15) is 21.6 Å². The van der Waals surface area contributed by atoms with E-state index in [1.54, 1.807) is 0 Å². The molecular weight excluding hydrogens is 301 g/mol. The van der Waals surface area contributed by atoms with Gasteiger partial charge in [-0.15, -0.1) is 0 Å². The maximum absolute atomic E-state index is 12.3. The Kier molecular flexibility index (Phi) is 3.42. The number of fused-ring (bicyclic) bond motifs is 1. The zero-order valence-corrected chi connectivity index (χ0v) is 10.7. The Hall–Kier alpha value is -2.10. The Morgan fingerprint density at radius 3 is 2.50 bits per heavy atom. The van der Waals surface area contributed by atoms with Gasteiger partial charge in [-0.2, -0.15) is 21.6 Å². The molecule has 1 aromatic carbocycles. The van der Waals surface area contributed by atoms with Crippen molar-refractivity contribution in [2.24, 2.45) is 0 Å². The van der Waals surface area contributed by atoms with Gasteiger partial charge < -0.3 is 8.92 Å². The molecule has 20 heavy (non-hydrogen) atoms. The van der Waals surface area contributed by atoms with Crippen LogP contribution in [0.5, 0.6) is 11.5 Å². The van der Waals surface area contributed by atoms with Gasteiger partial charge >= 0.3 is 15.6 Å². The maximum atomic E-state index is 12.3. The topological polar surface area (TPSA) is 78.4 Å². The van der Waals surface area contributed by atoms with Gasteiger partial charge in [0.25, 0.3) is 0 Å². The molecule has 0 atom stereocenters. The van der Waals surface area contributed by atoms with E-state index in [4.69, 9.17) is 4.74 Å². The lowest BCUT2D eigenvalue weighted by Gasteiger charge is -2.12. The molecule has 2 aromatic rings. The molecule has 0 N–H and O–H groups in total. The second-order valence-corrected chi connectivity index (χ2v) is 5.11. The normalized spacial score (nSPS) is 12.4. The summed E-state index contributed by atoms with van der Waals surface area (Å²) in [6.07, 6.45) is 2.56. The van der Waals surface area contributed by atoms with Crippen molar-refractivity contribution in [1.82, 2.24) is 9.97 Å². The average Bonchev–Trinajstić information content (AvgIpc) is 2.36. The van der Waals surface area contributed by atoms with E-state index in [-0.39, 0.29) is 11.3 Å². The predicted molar refractivity (Wildman–Crippen MR) is 61.7 cm³/mol. The molecule has 0 aliphatic carbocycles. The van der Waals surface area contributed by atoms with Crippen LogP contribution in [0.1, 0.15) is 0 Å². The Bertz CT molecular complexity index is 746. The number of benzene rings is 1.